The Morgan fingerprint density at radius 3 is 1.95 bits per heavy atom. The van der Waals surface area contributed by atoms with Crippen molar-refractivity contribution >= 4 is 16.3 Å². The minimum absolute atomic E-state index is 0.414. The zero-order valence-electron chi connectivity index (χ0n) is 21.8. The summed E-state index contributed by atoms with van der Waals surface area (Å²) in [6, 6.07) is 30.1. The van der Waals surface area contributed by atoms with Gasteiger partial charge >= 0.3 is 0 Å². The van der Waals surface area contributed by atoms with Crippen LogP contribution in [0.2, 0.25) is 0 Å². The lowest BCUT2D eigenvalue weighted by molar-refractivity contribution is 0.427. The maximum Gasteiger partial charge on any atom is 0.131 e. The Hall–Kier alpha value is -4.62. The predicted molar refractivity (Wildman–Crippen MR) is 161 cm³/mol. The standard InChI is InChI=1S/C37H30O/c1-27-15-5-3-7-18-29(19-8-4-6-16-27)36-30-20-10-9-17-28(30)25-26-33(36)37(2)31-21-11-13-23-34(31)38-35-24-14-12-22-32(35)37/h3-26H,1-2H3. The van der Waals surface area contributed by atoms with Crippen molar-refractivity contribution in [2.45, 2.75) is 19.3 Å². The molecular formula is C37H30O. The molecule has 6 rings (SSSR count). The number of ether oxygens (including phenoxy) is 1. The van der Waals surface area contributed by atoms with Gasteiger partial charge in [0.05, 0.1) is 5.41 Å². The minimum atomic E-state index is -0.414. The zero-order valence-corrected chi connectivity index (χ0v) is 21.8. The molecule has 0 aromatic heterocycles. The monoisotopic (exact) mass is 490 g/mol. The molecular weight excluding hydrogens is 460 g/mol. The molecule has 0 saturated carbocycles. The number of allylic oxidation sites excluding steroid dienone is 12. The SMILES string of the molecule is CC1=CC=CC=CC(c2c(C3(C)c4ccccc4Oc4ccccc43)ccc3ccccc23)=CC=CC=C1. The van der Waals surface area contributed by atoms with Gasteiger partial charge < -0.3 is 4.74 Å². The molecule has 0 atom stereocenters. The average molecular weight is 491 g/mol. The summed E-state index contributed by atoms with van der Waals surface area (Å²) >= 11 is 0. The van der Waals surface area contributed by atoms with Crippen molar-refractivity contribution in [2.24, 2.45) is 0 Å². The molecule has 2 aliphatic rings. The van der Waals surface area contributed by atoms with Crippen molar-refractivity contribution < 1.29 is 4.74 Å². The van der Waals surface area contributed by atoms with Crippen LogP contribution >= 0.6 is 0 Å². The molecule has 0 spiro atoms. The van der Waals surface area contributed by atoms with E-state index < -0.39 is 5.41 Å². The smallest absolute Gasteiger partial charge is 0.131 e. The maximum atomic E-state index is 6.41. The molecule has 1 heteroatoms. The van der Waals surface area contributed by atoms with Crippen LogP contribution in [-0.2, 0) is 5.41 Å². The topological polar surface area (TPSA) is 9.23 Å². The normalized spacial score (nSPS) is 15.9. The summed E-state index contributed by atoms with van der Waals surface area (Å²) < 4.78 is 6.41. The van der Waals surface area contributed by atoms with Gasteiger partial charge in [-0.3, -0.25) is 0 Å². The third-order valence-corrected chi connectivity index (χ3v) is 7.54. The van der Waals surface area contributed by atoms with E-state index in [0.717, 1.165) is 17.1 Å². The first-order valence-corrected chi connectivity index (χ1v) is 13.1. The highest BCUT2D eigenvalue weighted by Crippen LogP contribution is 2.53. The van der Waals surface area contributed by atoms with Gasteiger partial charge in [-0.15, -0.1) is 0 Å². The zero-order chi connectivity index (χ0) is 26.0. The van der Waals surface area contributed by atoms with E-state index in [4.69, 9.17) is 4.74 Å². The highest BCUT2D eigenvalue weighted by molar-refractivity contribution is 5.99. The van der Waals surface area contributed by atoms with E-state index in [0.29, 0.717) is 0 Å². The number of rotatable bonds is 2. The summed E-state index contributed by atoms with van der Waals surface area (Å²) in [4.78, 5) is 0. The fraction of sp³-hybridized carbons (Fsp3) is 0.0811. The lowest BCUT2D eigenvalue weighted by atomic mass is 9.66. The molecule has 184 valence electrons. The first kappa shape index (κ1) is 23.8. The Morgan fingerprint density at radius 1 is 0.553 bits per heavy atom. The number of benzene rings is 4. The lowest BCUT2D eigenvalue weighted by Crippen LogP contribution is -2.30. The van der Waals surface area contributed by atoms with Gasteiger partial charge in [0, 0.05) is 11.1 Å². The first-order chi connectivity index (χ1) is 18.7. The van der Waals surface area contributed by atoms with E-state index in [2.05, 4.69) is 147 Å². The largest absolute Gasteiger partial charge is 0.457 e. The van der Waals surface area contributed by atoms with Gasteiger partial charge in [0.25, 0.3) is 0 Å². The first-order valence-electron chi connectivity index (χ1n) is 13.1. The van der Waals surface area contributed by atoms with Gasteiger partial charge in [0.1, 0.15) is 11.5 Å². The van der Waals surface area contributed by atoms with E-state index in [1.165, 1.54) is 38.6 Å². The van der Waals surface area contributed by atoms with Gasteiger partial charge in [-0.1, -0.05) is 139 Å². The Kier molecular flexibility index (Phi) is 6.27. The van der Waals surface area contributed by atoms with Crippen LogP contribution in [0.1, 0.15) is 36.1 Å². The molecule has 1 aliphatic heterocycles. The lowest BCUT2D eigenvalue weighted by Gasteiger charge is -2.39. The summed E-state index contributed by atoms with van der Waals surface area (Å²) in [5, 5.41) is 2.46. The Bertz CT molecular complexity index is 1660. The maximum absolute atomic E-state index is 6.41. The summed E-state index contributed by atoms with van der Waals surface area (Å²) in [5.74, 6) is 1.82. The van der Waals surface area contributed by atoms with Crippen LogP contribution < -0.4 is 4.74 Å². The molecule has 4 aromatic carbocycles. The van der Waals surface area contributed by atoms with Crippen LogP contribution in [0.4, 0.5) is 0 Å². The molecule has 4 aromatic rings. The summed E-state index contributed by atoms with van der Waals surface area (Å²) in [6.07, 6.45) is 21.3. The van der Waals surface area contributed by atoms with Crippen LogP contribution in [-0.4, -0.2) is 0 Å². The number of hydrogen-bond acceptors (Lipinski definition) is 1. The van der Waals surface area contributed by atoms with E-state index in [1.54, 1.807) is 0 Å². The van der Waals surface area contributed by atoms with Gasteiger partial charge in [0.2, 0.25) is 0 Å². The third-order valence-electron chi connectivity index (χ3n) is 7.54. The second-order valence-corrected chi connectivity index (χ2v) is 9.95. The Morgan fingerprint density at radius 2 is 1.18 bits per heavy atom. The van der Waals surface area contributed by atoms with E-state index in [9.17, 15) is 0 Å². The molecule has 0 saturated heterocycles. The number of para-hydroxylation sites is 2. The Balaban J connectivity index is 1.67. The summed E-state index contributed by atoms with van der Waals surface area (Å²) in [6.45, 7) is 4.45. The molecule has 0 bridgehead atoms. The molecule has 0 unspecified atom stereocenters. The van der Waals surface area contributed by atoms with Gasteiger partial charge in [0.15, 0.2) is 0 Å². The van der Waals surface area contributed by atoms with Crippen molar-refractivity contribution in [1.29, 1.82) is 0 Å². The summed E-state index contributed by atoms with van der Waals surface area (Å²) in [7, 11) is 0. The predicted octanol–water partition coefficient (Wildman–Crippen LogP) is 9.87. The summed E-state index contributed by atoms with van der Waals surface area (Å²) in [5.41, 5.74) is 6.80. The van der Waals surface area contributed by atoms with Gasteiger partial charge in [-0.25, -0.2) is 0 Å². The molecule has 0 fully saturated rings. The van der Waals surface area contributed by atoms with Crippen molar-refractivity contribution in [1.82, 2.24) is 0 Å². The van der Waals surface area contributed by atoms with E-state index in [-0.39, 0.29) is 0 Å². The molecule has 38 heavy (non-hydrogen) atoms. The van der Waals surface area contributed by atoms with Gasteiger partial charge in [-0.05, 0) is 53.5 Å². The molecule has 1 aliphatic carbocycles. The van der Waals surface area contributed by atoms with Crippen LogP contribution in [0.15, 0.2) is 151 Å². The van der Waals surface area contributed by atoms with Crippen LogP contribution in [0.5, 0.6) is 11.5 Å². The second-order valence-electron chi connectivity index (χ2n) is 9.95. The van der Waals surface area contributed by atoms with E-state index in [1.807, 2.05) is 12.1 Å². The van der Waals surface area contributed by atoms with Crippen LogP contribution in [0.3, 0.4) is 0 Å². The average Bonchev–Trinajstić information content (AvgIpc) is 2.94. The van der Waals surface area contributed by atoms with Crippen molar-refractivity contribution in [3.63, 3.8) is 0 Å². The molecule has 0 amide bonds. The molecule has 0 N–H and O–H groups in total. The second kappa shape index (κ2) is 10.0. The quantitative estimate of drug-likeness (QED) is 0.272. The van der Waals surface area contributed by atoms with Crippen LogP contribution in [0, 0.1) is 0 Å². The third kappa shape index (κ3) is 4.17. The van der Waals surface area contributed by atoms with Crippen molar-refractivity contribution in [3.8, 4) is 11.5 Å². The molecule has 1 heterocycles. The van der Waals surface area contributed by atoms with Crippen molar-refractivity contribution in [2.75, 3.05) is 0 Å². The fourth-order valence-corrected chi connectivity index (χ4v) is 5.63. The fourth-order valence-electron chi connectivity index (χ4n) is 5.63. The van der Waals surface area contributed by atoms with Gasteiger partial charge in [-0.2, -0.15) is 0 Å². The van der Waals surface area contributed by atoms with Crippen LogP contribution in [0.25, 0.3) is 16.3 Å². The molecule has 0 radical (unpaired) electrons. The number of fused-ring (bicyclic) bond motifs is 3. The van der Waals surface area contributed by atoms with E-state index >= 15 is 0 Å². The highest BCUT2D eigenvalue weighted by Gasteiger charge is 2.41. The minimum Gasteiger partial charge on any atom is -0.457 e. The molecule has 1 nitrogen and oxygen atoms in total. The Labute approximate surface area is 225 Å². The number of hydrogen-bond donors (Lipinski definition) is 0. The highest BCUT2D eigenvalue weighted by atomic mass is 16.5. The van der Waals surface area contributed by atoms with Crippen molar-refractivity contribution in [3.05, 3.63) is 174 Å².